The third-order valence-corrected chi connectivity index (χ3v) is 14.5. The molecule has 1 fully saturated rings. The largest absolute Gasteiger partial charge is 3.00 e. The van der Waals surface area contributed by atoms with E-state index >= 15 is 0 Å². The minimum Gasteiger partial charge on any atom is -0.661 e. The van der Waals surface area contributed by atoms with Gasteiger partial charge in [-0.2, -0.15) is 23.8 Å². The minimum atomic E-state index is -1.35. The van der Waals surface area contributed by atoms with Gasteiger partial charge in [0.05, 0.1) is 8.07 Å². The zero-order chi connectivity index (χ0) is 39.9. The van der Waals surface area contributed by atoms with Gasteiger partial charge in [-0.15, -0.1) is 52.7 Å². The van der Waals surface area contributed by atoms with Crippen molar-refractivity contribution in [3.63, 3.8) is 0 Å². The van der Waals surface area contributed by atoms with Gasteiger partial charge in [0.15, 0.2) is 0 Å². The molecule has 2 aliphatic carbocycles. The maximum absolute atomic E-state index is 5.17. The molecule has 6 aromatic carbocycles. The molecule has 1 aliphatic heterocycles. The Morgan fingerprint density at radius 1 is 0.729 bits per heavy atom. The van der Waals surface area contributed by atoms with Crippen LogP contribution in [0, 0.1) is 18.1 Å². The Kier molecular flexibility index (Phi) is 11.7. The van der Waals surface area contributed by atoms with Gasteiger partial charge in [-0.25, -0.2) is 0 Å². The number of anilines is 2. The zero-order valence-corrected chi connectivity index (χ0v) is 38.2. The van der Waals surface area contributed by atoms with Crippen molar-refractivity contribution in [2.45, 2.75) is 77.2 Å². The van der Waals surface area contributed by atoms with Gasteiger partial charge in [0.2, 0.25) is 0 Å². The standard InChI is InChI=1S/C34H26N2.C20H26NSi.Ir/c1-34(2)29-13-7-6-12-27(29)28-22-25(18-21-30(28)34)33-35-31-14-8-9-15-32(31)36(33)26-19-16-24(17-20-26)23-10-4-3-5-11-23;1-22(2,3)20-15-21-19(17-11-5-4-6-12-17)14-18(20)13-16-9-7-8-10-16;/h3-17,19-22,33H,1-2H3;4-6,11,14-16H,7-10,13H2,1-3H3;/q-2;-1;+3. The number of hydrogen-bond acceptors (Lipinski definition) is 2. The molecule has 59 heavy (non-hydrogen) atoms. The average molecular weight is 963 g/mol. The van der Waals surface area contributed by atoms with Crippen LogP contribution in [-0.2, 0) is 31.9 Å². The van der Waals surface area contributed by atoms with E-state index in [1.165, 1.54) is 65.5 Å². The number of aromatic nitrogens is 1. The van der Waals surface area contributed by atoms with E-state index in [-0.39, 0.29) is 31.7 Å². The van der Waals surface area contributed by atoms with Crippen molar-refractivity contribution in [1.29, 1.82) is 0 Å². The van der Waals surface area contributed by atoms with Crippen LogP contribution >= 0.6 is 0 Å². The van der Waals surface area contributed by atoms with Crippen LogP contribution in [0.5, 0.6) is 0 Å². The molecule has 0 bridgehead atoms. The summed E-state index contributed by atoms with van der Waals surface area (Å²) in [4.78, 5) is 7.10. The zero-order valence-electron chi connectivity index (χ0n) is 34.8. The molecule has 3 aliphatic rings. The van der Waals surface area contributed by atoms with E-state index in [2.05, 4.69) is 190 Å². The molecular formula is C54H52IrN3Si. The predicted molar refractivity (Wildman–Crippen MR) is 246 cm³/mol. The van der Waals surface area contributed by atoms with Gasteiger partial charge in [-0.1, -0.05) is 156 Å². The van der Waals surface area contributed by atoms with Crippen LogP contribution in [0.3, 0.4) is 0 Å². The summed E-state index contributed by atoms with van der Waals surface area (Å²) >= 11 is 0. The van der Waals surface area contributed by atoms with Crippen LogP contribution in [0.15, 0.2) is 152 Å². The molecular weight excluding hydrogens is 911 g/mol. The Balaban J connectivity index is 0.000000181. The van der Waals surface area contributed by atoms with Gasteiger partial charge in [-0.05, 0) is 75.3 Å². The fourth-order valence-corrected chi connectivity index (χ4v) is 11.0. The Hall–Kier alpha value is -5.06. The number of pyridine rings is 1. The maximum Gasteiger partial charge on any atom is 3.00 e. The van der Waals surface area contributed by atoms with Gasteiger partial charge < -0.3 is 15.2 Å². The van der Waals surface area contributed by atoms with Gasteiger partial charge in [0.25, 0.3) is 0 Å². The SMILES string of the molecule is CC1(C)c2c[c-]c(C3[N-]c4ccccc4N3c3ccc(-c4ccccc4)cc3)cc2-c2ccccc21.C[Si](C)(C)c1cnc(-c2[c-]cccc2)cc1CC1CCCC1.[Ir+3]. The smallest absolute Gasteiger partial charge is 0.661 e. The fourth-order valence-electron chi connectivity index (χ4n) is 9.40. The molecule has 0 saturated heterocycles. The number of benzene rings is 6. The molecule has 3 nitrogen and oxygen atoms in total. The second-order valence-corrected chi connectivity index (χ2v) is 22.8. The normalized spacial score (nSPS) is 16.2. The summed E-state index contributed by atoms with van der Waals surface area (Å²) in [6.45, 7) is 11.9. The quantitative estimate of drug-likeness (QED) is 0.118. The first kappa shape index (κ1) is 40.7. The van der Waals surface area contributed by atoms with E-state index < -0.39 is 8.07 Å². The van der Waals surface area contributed by atoms with Crippen LogP contribution < -0.4 is 10.1 Å². The number of nitrogens with zero attached hydrogens (tertiary/aromatic N) is 3. The first-order valence-corrected chi connectivity index (χ1v) is 24.5. The first-order valence-electron chi connectivity index (χ1n) is 21.0. The first-order chi connectivity index (χ1) is 28.1. The number of fused-ring (bicyclic) bond motifs is 4. The van der Waals surface area contributed by atoms with Gasteiger partial charge in [0.1, 0.15) is 0 Å². The molecule has 0 radical (unpaired) electrons. The summed E-state index contributed by atoms with van der Waals surface area (Å²) in [5.74, 6) is 0.880. The van der Waals surface area contributed by atoms with Crippen molar-refractivity contribution in [2.75, 3.05) is 4.90 Å². The Bertz CT molecular complexity index is 2540. The van der Waals surface area contributed by atoms with E-state index in [0.29, 0.717) is 0 Å². The number of rotatable bonds is 7. The third kappa shape index (κ3) is 8.13. The summed E-state index contributed by atoms with van der Waals surface area (Å²) in [5, 5.41) is 6.71. The maximum atomic E-state index is 5.17. The van der Waals surface area contributed by atoms with Crippen LogP contribution in [0.25, 0.3) is 38.8 Å². The minimum absolute atomic E-state index is 0. The molecule has 1 saturated carbocycles. The molecule has 0 amide bonds. The summed E-state index contributed by atoms with van der Waals surface area (Å²) in [7, 11) is -1.35. The topological polar surface area (TPSA) is 30.2 Å². The monoisotopic (exact) mass is 963 g/mol. The predicted octanol–water partition coefficient (Wildman–Crippen LogP) is 14.1. The van der Waals surface area contributed by atoms with E-state index in [1.807, 2.05) is 12.1 Å². The van der Waals surface area contributed by atoms with E-state index in [0.717, 1.165) is 39.8 Å². The summed E-state index contributed by atoms with van der Waals surface area (Å²) in [6, 6.07) is 58.5. The average Bonchev–Trinajstić information content (AvgIpc) is 3.97. The Labute approximate surface area is 366 Å². The Morgan fingerprint density at radius 3 is 2.17 bits per heavy atom. The van der Waals surface area contributed by atoms with Crippen molar-refractivity contribution in [3.05, 3.63) is 191 Å². The summed E-state index contributed by atoms with van der Waals surface area (Å²) in [5.41, 5.74) is 15.8. The van der Waals surface area contributed by atoms with Gasteiger partial charge >= 0.3 is 20.1 Å². The van der Waals surface area contributed by atoms with Gasteiger partial charge in [0, 0.05) is 17.6 Å². The number of para-hydroxylation sites is 2. The van der Waals surface area contributed by atoms with Crippen LogP contribution in [0.4, 0.5) is 17.1 Å². The third-order valence-electron chi connectivity index (χ3n) is 12.5. The van der Waals surface area contributed by atoms with Crippen molar-refractivity contribution in [1.82, 2.24) is 4.98 Å². The summed E-state index contributed by atoms with van der Waals surface area (Å²) in [6.07, 6.45) is 8.87. The molecule has 5 heteroatoms. The molecule has 1 unspecified atom stereocenters. The Morgan fingerprint density at radius 2 is 1.42 bits per heavy atom. The van der Waals surface area contributed by atoms with Crippen LogP contribution in [0.2, 0.25) is 19.6 Å². The molecule has 0 N–H and O–H groups in total. The molecule has 1 aromatic heterocycles. The van der Waals surface area contributed by atoms with Crippen LogP contribution in [-0.4, -0.2) is 13.1 Å². The van der Waals surface area contributed by atoms with E-state index in [4.69, 9.17) is 10.3 Å². The summed E-state index contributed by atoms with van der Waals surface area (Å²) < 4.78 is 0. The molecule has 10 rings (SSSR count). The van der Waals surface area contributed by atoms with Crippen LogP contribution in [0.1, 0.15) is 68.0 Å². The van der Waals surface area contributed by atoms with Gasteiger partial charge in [-0.3, -0.25) is 0 Å². The van der Waals surface area contributed by atoms with Crippen molar-refractivity contribution >= 4 is 30.3 Å². The molecule has 7 aromatic rings. The van der Waals surface area contributed by atoms with Crippen molar-refractivity contribution in [3.8, 4) is 33.5 Å². The fraction of sp³-hybridized carbons (Fsp3) is 0.241. The van der Waals surface area contributed by atoms with E-state index in [1.54, 1.807) is 10.8 Å². The second kappa shape index (κ2) is 16.9. The molecule has 1 atom stereocenters. The molecule has 296 valence electrons. The van der Waals surface area contributed by atoms with Crippen molar-refractivity contribution in [2.24, 2.45) is 5.92 Å². The molecule has 0 spiro atoms. The second-order valence-electron chi connectivity index (χ2n) is 17.8. The number of hydrogen-bond donors (Lipinski definition) is 0. The van der Waals surface area contributed by atoms with Crippen molar-refractivity contribution < 1.29 is 20.1 Å². The molecule has 2 heterocycles. The van der Waals surface area contributed by atoms with E-state index in [9.17, 15) is 0 Å².